The van der Waals surface area contributed by atoms with E-state index in [0.717, 1.165) is 0 Å². The molecule has 112 valence electrons. The van der Waals surface area contributed by atoms with Gasteiger partial charge in [0, 0.05) is 11.3 Å². The molecular formula is C12H13N3O6. The highest BCUT2D eigenvalue weighted by molar-refractivity contribution is 6.12. The monoisotopic (exact) mass is 295 g/mol. The van der Waals surface area contributed by atoms with E-state index in [1.54, 1.807) is 0 Å². The van der Waals surface area contributed by atoms with Crippen LogP contribution in [0.2, 0.25) is 0 Å². The Bertz CT molecular complexity index is 603. The SMILES string of the molecule is O=C1NC(=O)C(C(=O)Nc2ccc(O)c(CO)c2)C(O)N1. The van der Waals surface area contributed by atoms with Gasteiger partial charge in [-0.1, -0.05) is 0 Å². The lowest BCUT2D eigenvalue weighted by Crippen LogP contribution is -2.61. The van der Waals surface area contributed by atoms with Crippen molar-refractivity contribution in [3.8, 4) is 5.75 Å². The second kappa shape index (κ2) is 5.77. The molecule has 1 fully saturated rings. The van der Waals surface area contributed by atoms with Gasteiger partial charge >= 0.3 is 6.03 Å². The molecule has 0 bridgehead atoms. The number of rotatable bonds is 3. The molecule has 2 unspecified atom stereocenters. The first-order valence-electron chi connectivity index (χ1n) is 5.95. The van der Waals surface area contributed by atoms with Crippen molar-refractivity contribution in [3.05, 3.63) is 23.8 Å². The van der Waals surface area contributed by atoms with E-state index in [1.165, 1.54) is 18.2 Å². The molecule has 9 heteroatoms. The number of hydrogen-bond acceptors (Lipinski definition) is 6. The number of aromatic hydroxyl groups is 1. The van der Waals surface area contributed by atoms with Crippen LogP contribution >= 0.6 is 0 Å². The van der Waals surface area contributed by atoms with Crippen LogP contribution in [0.5, 0.6) is 5.75 Å². The third-order valence-corrected chi connectivity index (χ3v) is 2.91. The summed E-state index contributed by atoms with van der Waals surface area (Å²) in [6.45, 7) is -0.432. The Kier molecular flexibility index (Phi) is 4.05. The van der Waals surface area contributed by atoms with Gasteiger partial charge in [-0.3, -0.25) is 14.9 Å². The zero-order chi connectivity index (χ0) is 15.6. The Morgan fingerprint density at radius 3 is 2.67 bits per heavy atom. The molecule has 2 rings (SSSR count). The lowest BCUT2D eigenvalue weighted by molar-refractivity contribution is -0.138. The van der Waals surface area contributed by atoms with Crippen LogP contribution in [0.15, 0.2) is 18.2 Å². The van der Waals surface area contributed by atoms with Gasteiger partial charge < -0.3 is 26.0 Å². The molecule has 6 N–H and O–H groups in total. The van der Waals surface area contributed by atoms with Gasteiger partial charge in [0.15, 0.2) is 5.92 Å². The minimum absolute atomic E-state index is 0.141. The van der Waals surface area contributed by atoms with Gasteiger partial charge in [-0.15, -0.1) is 0 Å². The first-order valence-corrected chi connectivity index (χ1v) is 5.95. The first-order chi connectivity index (χ1) is 9.92. The van der Waals surface area contributed by atoms with Crippen molar-refractivity contribution >= 4 is 23.5 Å². The number of amides is 4. The third kappa shape index (κ3) is 3.09. The zero-order valence-corrected chi connectivity index (χ0v) is 10.7. The van der Waals surface area contributed by atoms with Crippen molar-refractivity contribution in [2.75, 3.05) is 5.32 Å². The number of imide groups is 1. The molecule has 1 aliphatic heterocycles. The molecule has 0 spiro atoms. The van der Waals surface area contributed by atoms with Crippen LogP contribution < -0.4 is 16.0 Å². The lowest BCUT2D eigenvalue weighted by atomic mass is 10.0. The number of urea groups is 1. The summed E-state index contributed by atoms with van der Waals surface area (Å²) in [5.41, 5.74) is 0.411. The summed E-state index contributed by atoms with van der Waals surface area (Å²) in [5.74, 6) is -3.41. The summed E-state index contributed by atoms with van der Waals surface area (Å²) >= 11 is 0. The number of carbonyl (C=O) groups is 3. The molecule has 1 aromatic rings. The number of aliphatic hydroxyl groups is 2. The molecule has 4 amide bonds. The summed E-state index contributed by atoms with van der Waals surface area (Å²) in [4.78, 5) is 34.5. The number of benzene rings is 1. The van der Waals surface area contributed by atoms with Crippen LogP contribution in [0.25, 0.3) is 0 Å². The maximum atomic E-state index is 12.0. The Labute approximate surface area is 118 Å². The van der Waals surface area contributed by atoms with Gasteiger partial charge in [0.25, 0.3) is 0 Å². The summed E-state index contributed by atoms with van der Waals surface area (Å²) in [5, 5.41) is 34.2. The highest BCUT2D eigenvalue weighted by Gasteiger charge is 2.39. The Hall–Kier alpha value is -2.65. The summed E-state index contributed by atoms with van der Waals surface area (Å²) in [7, 11) is 0. The molecular weight excluding hydrogens is 282 g/mol. The van der Waals surface area contributed by atoms with Crippen LogP contribution in [0.4, 0.5) is 10.5 Å². The van der Waals surface area contributed by atoms with E-state index >= 15 is 0 Å². The van der Waals surface area contributed by atoms with Crippen LogP contribution in [0, 0.1) is 5.92 Å². The number of nitrogens with one attached hydrogen (secondary N) is 3. The molecule has 1 aromatic carbocycles. The quantitative estimate of drug-likeness (QED) is 0.298. The highest BCUT2D eigenvalue weighted by atomic mass is 16.3. The third-order valence-electron chi connectivity index (χ3n) is 2.91. The molecule has 2 atom stereocenters. The number of carbonyl (C=O) groups excluding carboxylic acids is 3. The lowest BCUT2D eigenvalue weighted by Gasteiger charge is -2.26. The standard InChI is InChI=1S/C12H13N3O6/c16-4-5-3-6(1-2-7(5)17)13-9(18)8-10(19)14-12(21)15-11(8)20/h1-3,8,10,16-17,19H,4H2,(H,13,18)(H2,14,15,20,21). The average Bonchev–Trinajstić information content (AvgIpc) is 2.39. The van der Waals surface area contributed by atoms with E-state index in [9.17, 15) is 24.6 Å². The molecule has 1 heterocycles. The maximum absolute atomic E-state index is 12.0. The summed E-state index contributed by atoms with van der Waals surface area (Å²) in [6, 6.07) is 3.06. The number of anilines is 1. The van der Waals surface area contributed by atoms with Gasteiger partial charge in [0.1, 0.15) is 12.0 Å². The largest absolute Gasteiger partial charge is 0.508 e. The number of phenols is 1. The predicted octanol–water partition coefficient (Wildman–Crippen LogP) is -1.40. The van der Waals surface area contributed by atoms with E-state index in [-0.39, 0.29) is 17.0 Å². The fraction of sp³-hybridized carbons (Fsp3) is 0.250. The zero-order valence-electron chi connectivity index (χ0n) is 10.7. The van der Waals surface area contributed by atoms with Gasteiger partial charge in [-0.2, -0.15) is 0 Å². The van der Waals surface area contributed by atoms with Gasteiger partial charge in [-0.25, -0.2) is 4.79 Å². The fourth-order valence-electron chi connectivity index (χ4n) is 1.86. The summed E-state index contributed by atoms with van der Waals surface area (Å²) in [6.07, 6.45) is -1.64. The normalized spacial score (nSPS) is 21.4. The van der Waals surface area contributed by atoms with E-state index < -0.39 is 36.6 Å². The second-order valence-corrected chi connectivity index (χ2v) is 4.38. The van der Waals surface area contributed by atoms with E-state index in [0.29, 0.717) is 0 Å². The van der Waals surface area contributed by atoms with Crippen molar-refractivity contribution in [1.29, 1.82) is 0 Å². The predicted molar refractivity (Wildman–Crippen MR) is 68.8 cm³/mol. The van der Waals surface area contributed by atoms with Gasteiger partial charge in [-0.05, 0) is 18.2 Å². The maximum Gasteiger partial charge on any atom is 0.323 e. The van der Waals surface area contributed by atoms with Gasteiger partial charge in [0.2, 0.25) is 11.8 Å². The number of aliphatic hydroxyl groups excluding tert-OH is 2. The molecule has 0 aliphatic carbocycles. The summed E-state index contributed by atoms with van der Waals surface area (Å²) < 4.78 is 0. The average molecular weight is 295 g/mol. The Balaban J connectivity index is 2.14. The topological polar surface area (TPSA) is 148 Å². The van der Waals surface area contributed by atoms with Crippen LogP contribution in [-0.2, 0) is 16.2 Å². The van der Waals surface area contributed by atoms with E-state index in [2.05, 4.69) is 5.32 Å². The van der Waals surface area contributed by atoms with Crippen LogP contribution in [-0.4, -0.2) is 39.4 Å². The Morgan fingerprint density at radius 1 is 1.33 bits per heavy atom. The molecule has 9 nitrogen and oxygen atoms in total. The minimum atomic E-state index is -1.64. The molecule has 21 heavy (non-hydrogen) atoms. The Morgan fingerprint density at radius 2 is 2.05 bits per heavy atom. The van der Waals surface area contributed by atoms with Crippen molar-refractivity contribution < 1.29 is 29.7 Å². The van der Waals surface area contributed by atoms with Crippen molar-refractivity contribution in [2.24, 2.45) is 5.92 Å². The second-order valence-electron chi connectivity index (χ2n) is 4.38. The smallest absolute Gasteiger partial charge is 0.323 e. The molecule has 1 saturated heterocycles. The minimum Gasteiger partial charge on any atom is -0.508 e. The van der Waals surface area contributed by atoms with Crippen molar-refractivity contribution in [3.63, 3.8) is 0 Å². The highest BCUT2D eigenvalue weighted by Crippen LogP contribution is 2.22. The van der Waals surface area contributed by atoms with Crippen molar-refractivity contribution in [2.45, 2.75) is 12.8 Å². The molecule has 0 radical (unpaired) electrons. The first kappa shape index (κ1) is 14.8. The molecule has 0 aromatic heterocycles. The fourth-order valence-corrected chi connectivity index (χ4v) is 1.86. The molecule has 0 saturated carbocycles. The molecule has 1 aliphatic rings. The van der Waals surface area contributed by atoms with E-state index in [4.69, 9.17) is 5.11 Å². The van der Waals surface area contributed by atoms with Crippen molar-refractivity contribution in [1.82, 2.24) is 10.6 Å². The van der Waals surface area contributed by atoms with Crippen LogP contribution in [0.1, 0.15) is 5.56 Å². The number of hydrogen-bond donors (Lipinski definition) is 6. The van der Waals surface area contributed by atoms with Crippen LogP contribution in [0.3, 0.4) is 0 Å². The van der Waals surface area contributed by atoms with E-state index in [1.807, 2.05) is 10.6 Å². The van der Waals surface area contributed by atoms with Gasteiger partial charge in [0.05, 0.1) is 6.61 Å².